The molecule has 0 amide bonds. The highest BCUT2D eigenvalue weighted by Gasteiger charge is 1.99. The fraction of sp³-hybridized carbons (Fsp3) is 0.429. The van der Waals surface area contributed by atoms with Crippen molar-refractivity contribution in [1.82, 2.24) is 0 Å². The third-order valence-corrected chi connectivity index (χ3v) is 4.37. The van der Waals surface area contributed by atoms with Gasteiger partial charge in [-0.25, -0.2) is 0 Å². The average Bonchev–Trinajstić information content (AvgIpc) is 2.37. The Balaban J connectivity index is 2.32. The van der Waals surface area contributed by atoms with E-state index in [1.807, 2.05) is 0 Å². The minimum Gasteiger partial charge on any atom is -0.396 e. The predicted molar refractivity (Wildman–Crippen MR) is 54.4 cm³/mol. The molecule has 0 aliphatic heterocycles. The van der Waals surface area contributed by atoms with Crippen LogP contribution in [0.5, 0.6) is 0 Å². The largest absolute Gasteiger partial charge is 0.396 e. The molecule has 0 fully saturated rings. The van der Waals surface area contributed by atoms with Gasteiger partial charge in [0.1, 0.15) is 0 Å². The molecule has 0 saturated carbocycles. The molecule has 1 nitrogen and oxygen atoms in total. The van der Waals surface area contributed by atoms with Gasteiger partial charge in [-0.05, 0) is 33.8 Å². The van der Waals surface area contributed by atoms with E-state index in [4.69, 9.17) is 5.11 Å². The van der Waals surface area contributed by atoms with Gasteiger partial charge in [-0.2, -0.15) is 0 Å². The normalized spacial score (nSPS) is 10.4. The number of aliphatic hydroxyl groups excluding tert-OH is 1. The molecule has 1 aromatic heterocycles. The van der Waals surface area contributed by atoms with Crippen molar-refractivity contribution < 1.29 is 5.11 Å². The van der Waals surface area contributed by atoms with Crippen molar-refractivity contribution in [3.63, 3.8) is 0 Å². The zero-order chi connectivity index (χ0) is 8.10. The van der Waals surface area contributed by atoms with Crippen molar-refractivity contribution in [2.75, 3.05) is 12.4 Å². The Labute approximate surface area is 83.0 Å². The number of aliphatic hydroxyl groups is 1. The maximum atomic E-state index is 8.54. The van der Waals surface area contributed by atoms with E-state index in [1.165, 1.54) is 8.68 Å². The highest BCUT2D eigenvalue weighted by Crippen LogP contribution is 2.32. The number of thioether (sulfide) groups is 1. The monoisotopic (exact) mass is 252 g/mol. The molecule has 62 valence electrons. The quantitative estimate of drug-likeness (QED) is 0.657. The minimum atomic E-state index is 0.286. The van der Waals surface area contributed by atoms with Gasteiger partial charge in [-0.15, -0.1) is 23.1 Å². The predicted octanol–water partition coefficient (Wildman–Crippen LogP) is 2.99. The number of thiophene rings is 1. The summed E-state index contributed by atoms with van der Waals surface area (Å²) in [6.45, 7) is 0.286. The lowest BCUT2D eigenvalue weighted by atomic mass is 10.5. The molecule has 0 saturated heterocycles. The summed E-state index contributed by atoms with van der Waals surface area (Å²) < 4.78 is 1.19. The maximum Gasteiger partial charge on any atom is 0.0834 e. The second-order valence-electron chi connectivity index (χ2n) is 1.98. The Morgan fingerprint density at radius 1 is 1.64 bits per heavy atom. The van der Waals surface area contributed by atoms with Crippen LogP contribution in [0.15, 0.2) is 20.1 Å². The molecule has 0 aromatic carbocycles. The molecule has 1 rings (SSSR count). The Morgan fingerprint density at radius 3 is 3.00 bits per heavy atom. The van der Waals surface area contributed by atoms with Crippen LogP contribution in [0.25, 0.3) is 0 Å². The summed E-state index contributed by atoms with van der Waals surface area (Å²) >= 11 is 6.93. The van der Waals surface area contributed by atoms with Gasteiger partial charge in [0.15, 0.2) is 0 Å². The molecule has 1 aromatic rings. The van der Waals surface area contributed by atoms with Gasteiger partial charge in [0.25, 0.3) is 0 Å². The molecular weight excluding hydrogens is 244 g/mol. The first-order valence-corrected chi connectivity index (χ1v) is 5.97. The van der Waals surface area contributed by atoms with Crippen molar-refractivity contribution in [1.29, 1.82) is 0 Å². The van der Waals surface area contributed by atoms with Crippen molar-refractivity contribution in [3.8, 4) is 0 Å². The van der Waals surface area contributed by atoms with E-state index in [2.05, 4.69) is 27.4 Å². The third-order valence-electron chi connectivity index (χ3n) is 1.14. The standard InChI is InChI=1S/C7H9BrOS2/c8-7-6(2-5-11-7)10-4-1-3-9/h2,5,9H,1,3-4H2. The summed E-state index contributed by atoms with van der Waals surface area (Å²) in [5, 5.41) is 10.6. The molecule has 11 heavy (non-hydrogen) atoms. The van der Waals surface area contributed by atoms with Gasteiger partial charge >= 0.3 is 0 Å². The fourth-order valence-corrected chi connectivity index (χ4v) is 3.12. The smallest absolute Gasteiger partial charge is 0.0834 e. The van der Waals surface area contributed by atoms with Crippen LogP contribution in [0.1, 0.15) is 6.42 Å². The summed E-state index contributed by atoms with van der Waals surface area (Å²) in [5.74, 6) is 0.992. The molecule has 1 heterocycles. The average molecular weight is 253 g/mol. The number of rotatable bonds is 4. The molecule has 0 aliphatic rings. The second kappa shape index (κ2) is 5.19. The van der Waals surface area contributed by atoms with Gasteiger partial charge in [0.05, 0.1) is 3.79 Å². The van der Waals surface area contributed by atoms with Crippen LogP contribution in [0, 0.1) is 0 Å². The van der Waals surface area contributed by atoms with Crippen LogP contribution in [0.3, 0.4) is 0 Å². The Hall–Kier alpha value is 0.490. The van der Waals surface area contributed by atoms with Gasteiger partial charge in [-0.3, -0.25) is 0 Å². The molecule has 4 heteroatoms. The van der Waals surface area contributed by atoms with Crippen molar-refractivity contribution in [3.05, 3.63) is 15.2 Å². The summed E-state index contributed by atoms with van der Waals surface area (Å²) in [6, 6.07) is 2.09. The lowest BCUT2D eigenvalue weighted by Crippen LogP contribution is -1.84. The summed E-state index contributed by atoms with van der Waals surface area (Å²) in [5.41, 5.74) is 0. The Kier molecular flexibility index (Phi) is 4.52. The molecular formula is C7H9BrOS2. The van der Waals surface area contributed by atoms with Crippen LogP contribution in [0.4, 0.5) is 0 Å². The van der Waals surface area contributed by atoms with E-state index in [-0.39, 0.29) is 6.61 Å². The molecule has 0 unspecified atom stereocenters. The van der Waals surface area contributed by atoms with Gasteiger partial charge in [0.2, 0.25) is 0 Å². The van der Waals surface area contributed by atoms with Crippen molar-refractivity contribution >= 4 is 39.0 Å². The third kappa shape index (κ3) is 3.15. The van der Waals surface area contributed by atoms with E-state index in [0.29, 0.717) is 0 Å². The lowest BCUT2D eigenvalue weighted by molar-refractivity contribution is 0.296. The van der Waals surface area contributed by atoms with Gasteiger partial charge in [-0.1, -0.05) is 0 Å². The first-order valence-electron chi connectivity index (χ1n) is 3.31. The number of halogens is 1. The summed E-state index contributed by atoms with van der Waals surface area (Å²) in [4.78, 5) is 1.28. The van der Waals surface area contributed by atoms with E-state index in [9.17, 15) is 0 Å². The van der Waals surface area contributed by atoms with Crippen LogP contribution < -0.4 is 0 Å². The highest BCUT2D eigenvalue weighted by molar-refractivity contribution is 9.11. The highest BCUT2D eigenvalue weighted by atomic mass is 79.9. The first kappa shape index (κ1) is 9.58. The Morgan fingerprint density at radius 2 is 2.45 bits per heavy atom. The molecule has 0 radical (unpaired) electrons. The van der Waals surface area contributed by atoms with E-state index in [1.54, 1.807) is 23.1 Å². The molecule has 0 aliphatic carbocycles. The maximum absolute atomic E-state index is 8.54. The topological polar surface area (TPSA) is 20.2 Å². The van der Waals surface area contributed by atoms with Crippen molar-refractivity contribution in [2.24, 2.45) is 0 Å². The van der Waals surface area contributed by atoms with Gasteiger partial charge < -0.3 is 5.11 Å². The van der Waals surface area contributed by atoms with E-state index in [0.717, 1.165) is 12.2 Å². The number of hydrogen-bond donors (Lipinski definition) is 1. The van der Waals surface area contributed by atoms with E-state index >= 15 is 0 Å². The molecule has 0 bridgehead atoms. The van der Waals surface area contributed by atoms with Crippen LogP contribution in [0.2, 0.25) is 0 Å². The molecule has 0 spiro atoms. The first-order chi connectivity index (χ1) is 5.34. The minimum absolute atomic E-state index is 0.286. The van der Waals surface area contributed by atoms with Crippen LogP contribution in [-0.2, 0) is 0 Å². The van der Waals surface area contributed by atoms with E-state index < -0.39 is 0 Å². The summed E-state index contributed by atoms with van der Waals surface area (Å²) in [6.07, 6.45) is 0.868. The molecule has 0 atom stereocenters. The lowest BCUT2D eigenvalue weighted by Gasteiger charge is -1.96. The number of hydrogen-bond acceptors (Lipinski definition) is 3. The molecule has 1 N–H and O–H groups in total. The fourth-order valence-electron chi connectivity index (χ4n) is 0.631. The summed E-state index contributed by atoms with van der Waals surface area (Å²) in [7, 11) is 0. The SMILES string of the molecule is OCCCSc1ccsc1Br. The zero-order valence-corrected chi connectivity index (χ0v) is 9.14. The Bertz CT molecular complexity index is 212. The zero-order valence-electron chi connectivity index (χ0n) is 5.92. The van der Waals surface area contributed by atoms with Crippen LogP contribution >= 0.6 is 39.0 Å². The van der Waals surface area contributed by atoms with Crippen molar-refractivity contribution in [2.45, 2.75) is 11.3 Å². The second-order valence-corrected chi connectivity index (χ2v) is 5.35. The van der Waals surface area contributed by atoms with Crippen LogP contribution in [-0.4, -0.2) is 17.5 Å². The van der Waals surface area contributed by atoms with Gasteiger partial charge in [0, 0.05) is 17.3 Å².